The van der Waals surface area contributed by atoms with E-state index in [1.165, 1.54) is 16.8 Å². The zero-order valence-electron chi connectivity index (χ0n) is 13.5. The van der Waals surface area contributed by atoms with Crippen LogP contribution in [0.5, 0.6) is 0 Å². The summed E-state index contributed by atoms with van der Waals surface area (Å²) in [5.74, 6) is 0. The van der Waals surface area contributed by atoms with Gasteiger partial charge in [-0.1, -0.05) is 23.4 Å². The summed E-state index contributed by atoms with van der Waals surface area (Å²) >= 11 is 0. The number of fused-ring (bicyclic) bond motifs is 1. The number of aromatic nitrogens is 3. The number of rotatable bonds is 3. The van der Waals surface area contributed by atoms with Gasteiger partial charge in [0.1, 0.15) is 6.26 Å². The number of hydrogen-bond acceptors (Lipinski definition) is 4. The van der Waals surface area contributed by atoms with E-state index in [1.54, 1.807) is 6.26 Å². The summed E-state index contributed by atoms with van der Waals surface area (Å²) in [7, 11) is 0. The van der Waals surface area contributed by atoms with E-state index in [1.807, 2.05) is 22.9 Å². The minimum Gasteiger partial charge on any atom is -0.364 e. The van der Waals surface area contributed by atoms with Gasteiger partial charge in [0.05, 0.1) is 17.1 Å². The van der Waals surface area contributed by atoms with E-state index in [-0.39, 0.29) is 0 Å². The molecule has 1 aliphatic heterocycles. The van der Waals surface area contributed by atoms with Crippen LogP contribution in [0.2, 0.25) is 0 Å². The summed E-state index contributed by atoms with van der Waals surface area (Å²) in [5, 5.41) is 8.80. The molecule has 0 fully saturated rings. The Labute approximate surface area is 135 Å². The van der Waals surface area contributed by atoms with Crippen LogP contribution in [-0.4, -0.2) is 26.4 Å². The van der Waals surface area contributed by atoms with Crippen molar-refractivity contribution in [3.05, 3.63) is 64.8 Å². The fourth-order valence-corrected chi connectivity index (χ4v) is 3.28. The molecule has 118 valence electrons. The van der Waals surface area contributed by atoms with Crippen molar-refractivity contribution in [3.8, 4) is 5.69 Å². The van der Waals surface area contributed by atoms with Crippen LogP contribution in [0, 0.1) is 13.8 Å². The third kappa shape index (κ3) is 2.57. The molecule has 23 heavy (non-hydrogen) atoms. The molecule has 0 bridgehead atoms. The quantitative estimate of drug-likeness (QED) is 0.746. The molecule has 0 radical (unpaired) electrons. The summed E-state index contributed by atoms with van der Waals surface area (Å²) in [6.07, 6.45) is 2.73. The lowest BCUT2D eigenvalue weighted by Gasteiger charge is -2.25. The van der Waals surface area contributed by atoms with Crippen molar-refractivity contribution in [3.63, 3.8) is 0 Å². The minimum atomic E-state index is 0.897. The average Bonchev–Trinajstić information content (AvgIpc) is 3.15. The second kappa shape index (κ2) is 5.66. The highest BCUT2D eigenvalue weighted by Gasteiger charge is 2.22. The number of nitrogens with zero attached hydrogens (tertiary/aromatic N) is 4. The number of hydrogen-bond donors (Lipinski definition) is 0. The number of aryl methyl sites for hydroxylation is 1. The highest BCUT2D eigenvalue weighted by Crippen LogP contribution is 2.23. The van der Waals surface area contributed by atoms with Gasteiger partial charge in [0.25, 0.3) is 0 Å². The van der Waals surface area contributed by atoms with Crippen LogP contribution in [-0.2, 0) is 19.5 Å². The highest BCUT2D eigenvalue weighted by molar-refractivity contribution is 5.37. The molecule has 0 amide bonds. The summed E-state index contributed by atoms with van der Waals surface area (Å²) in [6.45, 7) is 7.06. The molecular formula is C18H20N4O. The van der Waals surface area contributed by atoms with Gasteiger partial charge < -0.3 is 4.52 Å². The first-order chi connectivity index (χ1) is 11.2. The van der Waals surface area contributed by atoms with Gasteiger partial charge in [0.15, 0.2) is 0 Å². The smallest absolute Gasteiger partial charge is 0.128 e. The Kier molecular flexibility index (Phi) is 3.50. The van der Waals surface area contributed by atoms with Crippen LogP contribution < -0.4 is 0 Å². The van der Waals surface area contributed by atoms with E-state index in [9.17, 15) is 0 Å². The van der Waals surface area contributed by atoms with Crippen LogP contribution in [0.15, 0.2) is 41.1 Å². The second-order valence-corrected chi connectivity index (χ2v) is 6.14. The average molecular weight is 308 g/mol. The van der Waals surface area contributed by atoms with Gasteiger partial charge in [-0.15, -0.1) is 0 Å². The van der Waals surface area contributed by atoms with Crippen molar-refractivity contribution in [1.82, 2.24) is 19.8 Å². The van der Waals surface area contributed by atoms with Crippen molar-refractivity contribution in [1.29, 1.82) is 0 Å². The maximum absolute atomic E-state index is 5.08. The molecule has 0 saturated carbocycles. The molecule has 0 unspecified atom stereocenters. The zero-order valence-corrected chi connectivity index (χ0v) is 13.5. The predicted octanol–water partition coefficient (Wildman–Crippen LogP) is 3.04. The topological polar surface area (TPSA) is 47.1 Å². The van der Waals surface area contributed by atoms with Crippen LogP contribution in [0.4, 0.5) is 0 Å². The molecule has 0 atom stereocenters. The normalized spacial score (nSPS) is 14.9. The molecule has 3 aromatic rings. The molecule has 0 spiro atoms. The lowest BCUT2D eigenvalue weighted by Crippen LogP contribution is -2.30. The van der Waals surface area contributed by atoms with Crippen LogP contribution in [0.3, 0.4) is 0 Å². The Morgan fingerprint density at radius 1 is 1.17 bits per heavy atom. The van der Waals surface area contributed by atoms with Gasteiger partial charge in [0.2, 0.25) is 0 Å². The highest BCUT2D eigenvalue weighted by atomic mass is 16.5. The Morgan fingerprint density at radius 2 is 2.00 bits per heavy atom. The first kappa shape index (κ1) is 14.2. The van der Waals surface area contributed by atoms with Crippen molar-refractivity contribution >= 4 is 0 Å². The standard InChI is InChI=1S/C18H20N4O/c1-13-17(11-21-9-8-18-15(10-21)12-23-20-18)14(2)22(19-13)16-6-4-3-5-7-16/h3-7,12H,8-11H2,1-2H3. The van der Waals surface area contributed by atoms with Crippen molar-refractivity contribution in [2.75, 3.05) is 6.54 Å². The largest absolute Gasteiger partial charge is 0.364 e. The molecule has 0 N–H and O–H groups in total. The first-order valence-corrected chi connectivity index (χ1v) is 7.97. The molecule has 4 rings (SSSR count). The fraction of sp³-hybridized carbons (Fsp3) is 0.333. The monoisotopic (exact) mass is 308 g/mol. The Bertz CT molecular complexity index is 819. The van der Waals surface area contributed by atoms with Gasteiger partial charge in [-0.05, 0) is 26.0 Å². The molecule has 1 aliphatic rings. The molecule has 0 aliphatic carbocycles. The molecule has 2 aromatic heterocycles. The lowest BCUT2D eigenvalue weighted by molar-refractivity contribution is 0.243. The van der Waals surface area contributed by atoms with Crippen molar-refractivity contribution in [2.24, 2.45) is 0 Å². The Hall–Kier alpha value is -2.40. The van der Waals surface area contributed by atoms with E-state index in [0.29, 0.717) is 0 Å². The number of para-hydroxylation sites is 1. The summed E-state index contributed by atoms with van der Waals surface area (Å²) < 4.78 is 7.12. The van der Waals surface area contributed by atoms with E-state index >= 15 is 0 Å². The van der Waals surface area contributed by atoms with Gasteiger partial charge >= 0.3 is 0 Å². The first-order valence-electron chi connectivity index (χ1n) is 7.97. The molecular weight excluding hydrogens is 288 g/mol. The van der Waals surface area contributed by atoms with Gasteiger partial charge in [-0.25, -0.2) is 4.68 Å². The van der Waals surface area contributed by atoms with E-state index in [2.05, 4.69) is 36.0 Å². The van der Waals surface area contributed by atoms with Gasteiger partial charge in [0, 0.05) is 42.9 Å². The van der Waals surface area contributed by atoms with E-state index in [0.717, 1.165) is 43.1 Å². The van der Waals surface area contributed by atoms with Crippen LogP contribution in [0.25, 0.3) is 5.69 Å². The summed E-state index contributed by atoms with van der Waals surface area (Å²) in [5.41, 5.74) is 7.05. The van der Waals surface area contributed by atoms with Crippen molar-refractivity contribution in [2.45, 2.75) is 33.4 Å². The maximum Gasteiger partial charge on any atom is 0.128 e. The SMILES string of the molecule is Cc1nn(-c2ccccc2)c(C)c1CN1CCc2nocc2C1. The van der Waals surface area contributed by atoms with E-state index < -0.39 is 0 Å². The maximum atomic E-state index is 5.08. The molecule has 5 nitrogen and oxygen atoms in total. The number of benzene rings is 1. The summed E-state index contributed by atoms with van der Waals surface area (Å²) in [6, 6.07) is 10.3. The molecule has 3 heterocycles. The molecule has 0 saturated heterocycles. The zero-order chi connectivity index (χ0) is 15.8. The second-order valence-electron chi connectivity index (χ2n) is 6.14. The minimum absolute atomic E-state index is 0.897. The molecule has 1 aromatic carbocycles. The lowest BCUT2D eigenvalue weighted by atomic mass is 10.1. The van der Waals surface area contributed by atoms with Crippen LogP contribution in [0.1, 0.15) is 28.2 Å². The molecule has 5 heteroatoms. The van der Waals surface area contributed by atoms with Crippen molar-refractivity contribution < 1.29 is 4.52 Å². The predicted molar refractivity (Wildman–Crippen MR) is 87.4 cm³/mol. The van der Waals surface area contributed by atoms with E-state index in [4.69, 9.17) is 9.62 Å². The van der Waals surface area contributed by atoms with Crippen LogP contribution >= 0.6 is 0 Å². The Balaban J connectivity index is 1.60. The summed E-state index contributed by atoms with van der Waals surface area (Å²) in [4.78, 5) is 2.44. The Morgan fingerprint density at radius 3 is 2.83 bits per heavy atom. The fourth-order valence-electron chi connectivity index (χ4n) is 3.28. The van der Waals surface area contributed by atoms with Gasteiger partial charge in [-0.3, -0.25) is 4.90 Å². The van der Waals surface area contributed by atoms with Gasteiger partial charge in [-0.2, -0.15) is 5.10 Å². The third-order valence-corrected chi connectivity index (χ3v) is 4.61. The third-order valence-electron chi connectivity index (χ3n) is 4.61.